The van der Waals surface area contributed by atoms with Crippen LogP contribution in [0.4, 0.5) is 5.82 Å². The van der Waals surface area contributed by atoms with Crippen LogP contribution in [0.3, 0.4) is 0 Å². The number of amides is 1. The maximum absolute atomic E-state index is 13.1. The van der Waals surface area contributed by atoms with Crippen LogP contribution in [0.15, 0.2) is 77.7 Å². The predicted molar refractivity (Wildman–Crippen MR) is 150 cm³/mol. The van der Waals surface area contributed by atoms with Crippen molar-refractivity contribution in [3.63, 3.8) is 0 Å². The molecule has 4 aromatic rings. The summed E-state index contributed by atoms with van der Waals surface area (Å²) in [4.78, 5) is 13.3. The molecule has 1 aliphatic heterocycles. The molecule has 1 aromatic heterocycles. The summed E-state index contributed by atoms with van der Waals surface area (Å²) in [6, 6.07) is 21.8. The number of anilines is 1. The van der Waals surface area contributed by atoms with Crippen molar-refractivity contribution in [1.29, 1.82) is 0 Å². The van der Waals surface area contributed by atoms with E-state index in [0.29, 0.717) is 37.0 Å². The normalized spacial score (nSPS) is 15.0. The number of fused-ring (bicyclic) bond motifs is 2. The van der Waals surface area contributed by atoms with E-state index in [0.717, 1.165) is 29.3 Å². The average Bonchev–Trinajstić information content (AvgIpc) is 3.29. The van der Waals surface area contributed by atoms with E-state index in [1.54, 1.807) is 28.9 Å². The lowest BCUT2D eigenvalue weighted by atomic mass is 10.2. The van der Waals surface area contributed by atoms with Gasteiger partial charge in [0.2, 0.25) is 16.1 Å². The molecule has 0 saturated heterocycles. The van der Waals surface area contributed by atoms with Gasteiger partial charge in [0.1, 0.15) is 6.61 Å². The summed E-state index contributed by atoms with van der Waals surface area (Å²) in [6.45, 7) is 5.45. The number of sulfonamides is 1. The fourth-order valence-electron chi connectivity index (χ4n) is 4.63. The Balaban J connectivity index is 1.34. The Bertz CT molecular complexity index is 1560. The van der Waals surface area contributed by atoms with Crippen LogP contribution in [0.25, 0.3) is 10.9 Å². The minimum atomic E-state index is -3.55. The lowest BCUT2D eigenvalue weighted by Gasteiger charge is -2.25. The van der Waals surface area contributed by atoms with Crippen LogP contribution in [0, 0.1) is 0 Å². The molecule has 0 aliphatic carbocycles. The third kappa shape index (κ3) is 5.62. The van der Waals surface area contributed by atoms with E-state index in [1.165, 1.54) is 4.31 Å². The number of hydrogen-bond acceptors (Lipinski definition) is 6. The number of aromatic nitrogens is 2. The van der Waals surface area contributed by atoms with Gasteiger partial charge < -0.3 is 14.8 Å². The van der Waals surface area contributed by atoms with Crippen LogP contribution in [0.2, 0.25) is 0 Å². The fraction of sp³-hybridized carbons (Fsp3) is 0.310. The van der Waals surface area contributed by atoms with Crippen LogP contribution in [-0.2, 0) is 21.4 Å². The molecule has 5 rings (SSSR count). The number of para-hydroxylation sites is 3. The molecule has 39 heavy (non-hydrogen) atoms. The average molecular weight is 549 g/mol. The van der Waals surface area contributed by atoms with Gasteiger partial charge in [0, 0.05) is 18.5 Å². The third-order valence-electron chi connectivity index (χ3n) is 6.54. The highest BCUT2D eigenvalue weighted by atomic mass is 32.2. The van der Waals surface area contributed by atoms with Gasteiger partial charge in [0.25, 0.3) is 5.91 Å². The van der Waals surface area contributed by atoms with Crippen molar-refractivity contribution in [2.24, 2.45) is 0 Å². The molecule has 1 atom stereocenters. The summed E-state index contributed by atoms with van der Waals surface area (Å²) >= 11 is 0. The summed E-state index contributed by atoms with van der Waals surface area (Å²) in [5.41, 5.74) is 1.73. The topological polar surface area (TPSA) is 103 Å². The summed E-state index contributed by atoms with van der Waals surface area (Å²) in [6.07, 6.45) is 0.712. The Labute approximate surface area is 228 Å². The molecule has 1 N–H and O–H groups in total. The second kappa shape index (κ2) is 11.5. The molecule has 1 amide bonds. The van der Waals surface area contributed by atoms with Gasteiger partial charge in [-0.1, -0.05) is 50.2 Å². The second-order valence-corrected chi connectivity index (χ2v) is 11.4. The largest absolute Gasteiger partial charge is 0.485 e. The van der Waals surface area contributed by atoms with Crippen molar-refractivity contribution in [2.45, 2.75) is 44.2 Å². The lowest BCUT2D eigenvalue weighted by Crippen LogP contribution is -2.40. The quantitative estimate of drug-likeness (QED) is 0.309. The van der Waals surface area contributed by atoms with Gasteiger partial charge in [0.05, 0.1) is 17.0 Å². The van der Waals surface area contributed by atoms with E-state index in [4.69, 9.17) is 9.47 Å². The molecule has 1 unspecified atom stereocenters. The number of hydrogen-bond donors (Lipinski definition) is 1. The first-order chi connectivity index (χ1) is 18.9. The van der Waals surface area contributed by atoms with Gasteiger partial charge in [0.15, 0.2) is 17.3 Å². The molecule has 0 fully saturated rings. The molecule has 204 valence electrons. The molecule has 0 radical (unpaired) electrons. The summed E-state index contributed by atoms with van der Waals surface area (Å²) in [7, 11) is -3.55. The molecule has 0 saturated carbocycles. The van der Waals surface area contributed by atoms with E-state index in [9.17, 15) is 13.2 Å². The minimum absolute atomic E-state index is 0.102. The Morgan fingerprint density at radius 1 is 0.974 bits per heavy atom. The van der Waals surface area contributed by atoms with Crippen LogP contribution in [-0.4, -0.2) is 54.2 Å². The maximum Gasteiger partial charge on any atom is 0.270 e. The van der Waals surface area contributed by atoms with E-state index < -0.39 is 16.1 Å². The standard InChI is InChI=1S/C29H32N4O5S/c1-3-17-32(18-4-2)39(35,36)22-15-13-21(14-16-22)19-33-24-10-6-5-9-23(24)28(31-33)30-29(34)27-20-37-25-11-7-8-12-26(25)38-27/h5-16,27H,3-4,17-20H2,1-2H3,(H,30,31,34). The number of ether oxygens (including phenoxy) is 2. The van der Waals surface area contributed by atoms with Crippen LogP contribution >= 0.6 is 0 Å². The lowest BCUT2D eigenvalue weighted by molar-refractivity contribution is -0.125. The van der Waals surface area contributed by atoms with Crippen molar-refractivity contribution in [2.75, 3.05) is 25.0 Å². The van der Waals surface area contributed by atoms with E-state index in [2.05, 4.69) is 10.4 Å². The number of carbonyl (C=O) groups is 1. The number of benzene rings is 3. The predicted octanol–water partition coefficient (Wildman–Crippen LogP) is 4.67. The monoisotopic (exact) mass is 548 g/mol. The number of rotatable bonds is 10. The molecule has 10 heteroatoms. The van der Waals surface area contributed by atoms with Crippen molar-refractivity contribution >= 4 is 32.7 Å². The first-order valence-corrected chi connectivity index (χ1v) is 14.6. The number of nitrogens with zero attached hydrogens (tertiary/aromatic N) is 3. The summed E-state index contributed by atoms with van der Waals surface area (Å²) in [5.74, 6) is 1.21. The van der Waals surface area contributed by atoms with Gasteiger partial charge in [-0.2, -0.15) is 9.40 Å². The van der Waals surface area contributed by atoms with Crippen LogP contribution < -0.4 is 14.8 Å². The Hall–Kier alpha value is -3.89. The zero-order valence-corrected chi connectivity index (χ0v) is 22.9. The van der Waals surface area contributed by atoms with Gasteiger partial charge in [-0.25, -0.2) is 8.42 Å². The molecule has 2 heterocycles. The van der Waals surface area contributed by atoms with E-state index in [1.807, 2.05) is 62.4 Å². The van der Waals surface area contributed by atoms with Gasteiger partial charge in [-0.05, 0) is 54.8 Å². The van der Waals surface area contributed by atoms with Crippen molar-refractivity contribution in [3.05, 3.63) is 78.4 Å². The first-order valence-electron chi connectivity index (χ1n) is 13.1. The molecule has 3 aromatic carbocycles. The van der Waals surface area contributed by atoms with Crippen molar-refractivity contribution in [3.8, 4) is 11.5 Å². The zero-order valence-electron chi connectivity index (χ0n) is 22.0. The minimum Gasteiger partial charge on any atom is -0.485 e. The molecule has 0 spiro atoms. The van der Waals surface area contributed by atoms with Crippen LogP contribution in [0.1, 0.15) is 32.3 Å². The maximum atomic E-state index is 13.1. The Kier molecular flexibility index (Phi) is 7.85. The number of nitrogens with one attached hydrogen (secondary N) is 1. The highest BCUT2D eigenvalue weighted by Crippen LogP contribution is 2.31. The third-order valence-corrected chi connectivity index (χ3v) is 8.45. The molecule has 9 nitrogen and oxygen atoms in total. The van der Waals surface area contributed by atoms with E-state index in [-0.39, 0.29) is 17.4 Å². The highest BCUT2D eigenvalue weighted by molar-refractivity contribution is 7.89. The number of carbonyl (C=O) groups excluding carboxylic acids is 1. The van der Waals surface area contributed by atoms with Crippen LogP contribution in [0.5, 0.6) is 11.5 Å². The zero-order chi connectivity index (χ0) is 27.4. The van der Waals surface area contributed by atoms with Crippen molar-refractivity contribution < 1.29 is 22.7 Å². The van der Waals surface area contributed by atoms with E-state index >= 15 is 0 Å². The first kappa shape index (κ1) is 26.7. The second-order valence-electron chi connectivity index (χ2n) is 9.42. The smallest absolute Gasteiger partial charge is 0.270 e. The Morgan fingerprint density at radius 3 is 2.36 bits per heavy atom. The molecular formula is C29H32N4O5S. The van der Waals surface area contributed by atoms with Crippen molar-refractivity contribution in [1.82, 2.24) is 14.1 Å². The molecule has 1 aliphatic rings. The summed E-state index contributed by atoms with van der Waals surface area (Å²) < 4.78 is 41.1. The fourth-order valence-corrected chi connectivity index (χ4v) is 6.25. The highest BCUT2D eigenvalue weighted by Gasteiger charge is 2.28. The SMILES string of the molecule is CCCN(CCC)S(=O)(=O)c1ccc(Cn2nc(NC(=O)C3COc4ccccc4O3)c3ccccc32)cc1. The van der Waals surface area contributed by atoms with Gasteiger partial charge in [-0.3, -0.25) is 9.48 Å². The molecule has 0 bridgehead atoms. The van der Waals surface area contributed by atoms with Gasteiger partial charge in [-0.15, -0.1) is 0 Å². The molecular weight excluding hydrogens is 516 g/mol. The summed E-state index contributed by atoms with van der Waals surface area (Å²) in [5, 5.41) is 8.36. The Morgan fingerprint density at radius 2 is 1.64 bits per heavy atom. The van der Waals surface area contributed by atoms with Gasteiger partial charge >= 0.3 is 0 Å².